The SMILES string of the molecule is CNCCN(C)Cc1nc2ccccc2[nH]1. The van der Waals surface area contributed by atoms with Crippen molar-refractivity contribution in [1.82, 2.24) is 20.2 Å². The highest BCUT2D eigenvalue weighted by Crippen LogP contribution is 2.10. The zero-order valence-electron chi connectivity index (χ0n) is 9.83. The number of rotatable bonds is 5. The van der Waals surface area contributed by atoms with Gasteiger partial charge in [0.1, 0.15) is 5.82 Å². The van der Waals surface area contributed by atoms with E-state index in [0.717, 1.165) is 36.5 Å². The molecule has 0 amide bonds. The molecular weight excluding hydrogens is 200 g/mol. The molecule has 1 heterocycles. The molecule has 4 nitrogen and oxygen atoms in total. The topological polar surface area (TPSA) is 44.0 Å². The number of hydrogen-bond acceptors (Lipinski definition) is 3. The Kier molecular flexibility index (Phi) is 3.54. The van der Waals surface area contributed by atoms with Crippen LogP contribution >= 0.6 is 0 Å². The minimum atomic E-state index is 0.858. The number of likely N-dealkylation sites (N-methyl/N-ethyl adjacent to an activating group) is 2. The molecule has 0 aliphatic carbocycles. The molecule has 16 heavy (non-hydrogen) atoms. The average molecular weight is 218 g/mol. The van der Waals surface area contributed by atoms with Crippen molar-refractivity contribution in [3.63, 3.8) is 0 Å². The molecule has 1 aromatic carbocycles. The van der Waals surface area contributed by atoms with Crippen LogP contribution in [-0.4, -0.2) is 42.1 Å². The van der Waals surface area contributed by atoms with E-state index in [2.05, 4.69) is 33.3 Å². The van der Waals surface area contributed by atoms with Crippen LogP contribution in [0.15, 0.2) is 24.3 Å². The van der Waals surface area contributed by atoms with E-state index in [1.807, 2.05) is 25.2 Å². The molecule has 0 aliphatic heterocycles. The maximum absolute atomic E-state index is 4.54. The van der Waals surface area contributed by atoms with Crippen molar-refractivity contribution >= 4 is 11.0 Å². The number of benzene rings is 1. The van der Waals surface area contributed by atoms with Gasteiger partial charge in [-0.05, 0) is 26.2 Å². The lowest BCUT2D eigenvalue weighted by atomic mass is 10.3. The van der Waals surface area contributed by atoms with Crippen LogP contribution in [0.25, 0.3) is 11.0 Å². The Morgan fingerprint density at radius 3 is 2.94 bits per heavy atom. The third kappa shape index (κ3) is 2.59. The third-order valence-corrected chi connectivity index (χ3v) is 2.60. The van der Waals surface area contributed by atoms with Crippen LogP contribution in [0.5, 0.6) is 0 Å². The Labute approximate surface area is 95.7 Å². The van der Waals surface area contributed by atoms with E-state index in [-0.39, 0.29) is 0 Å². The average Bonchev–Trinajstić information content (AvgIpc) is 2.68. The van der Waals surface area contributed by atoms with Gasteiger partial charge in [-0.3, -0.25) is 4.90 Å². The first-order chi connectivity index (χ1) is 7.79. The molecule has 4 heteroatoms. The molecule has 0 fully saturated rings. The van der Waals surface area contributed by atoms with Crippen LogP contribution in [0, 0.1) is 0 Å². The predicted molar refractivity (Wildman–Crippen MR) is 66.4 cm³/mol. The van der Waals surface area contributed by atoms with Gasteiger partial charge in [-0.25, -0.2) is 4.98 Å². The number of fused-ring (bicyclic) bond motifs is 1. The van der Waals surface area contributed by atoms with Crippen LogP contribution in [0.3, 0.4) is 0 Å². The van der Waals surface area contributed by atoms with Gasteiger partial charge in [0.2, 0.25) is 0 Å². The molecule has 0 unspecified atom stereocenters. The van der Waals surface area contributed by atoms with E-state index < -0.39 is 0 Å². The number of imidazole rings is 1. The summed E-state index contributed by atoms with van der Waals surface area (Å²) in [5.41, 5.74) is 2.15. The van der Waals surface area contributed by atoms with E-state index in [0.29, 0.717) is 0 Å². The summed E-state index contributed by atoms with van der Waals surface area (Å²) in [5.74, 6) is 1.03. The van der Waals surface area contributed by atoms with Crippen molar-refractivity contribution in [3.05, 3.63) is 30.1 Å². The van der Waals surface area contributed by atoms with Crippen LogP contribution in [0.2, 0.25) is 0 Å². The van der Waals surface area contributed by atoms with E-state index in [1.54, 1.807) is 0 Å². The molecule has 86 valence electrons. The fourth-order valence-corrected chi connectivity index (χ4v) is 1.72. The van der Waals surface area contributed by atoms with Crippen molar-refractivity contribution in [2.24, 2.45) is 0 Å². The lowest BCUT2D eigenvalue weighted by Crippen LogP contribution is -2.27. The highest BCUT2D eigenvalue weighted by atomic mass is 15.1. The predicted octanol–water partition coefficient (Wildman–Crippen LogP) is 1.21. The van der Waals surface area contributed by atoms with E-state index in [9.17, 15) is 0 Å². The molecule has 0 radical (unpaired) electrons. The van der Waals surface area contributed by atoms with Gasteiger partial charge in [0.25, 0.3) is 0 Å². The van der Waals surface area contributed by atoms with Crippen molar-refractivity contribution in [3.8, 4) is 0 Å². The minimum Gasteiger partial charge on any atom is -0.341 e. The Balaban J connectivity index is 2.03. The van der Waals surface area contributed by atoms with Crippen LogP contribution < -0.4 is 5.32 Å². The molecule has 1 aromatic heterocycles. The van der Waals surface area contributed by atoms with Crippen molar-refractivity contribution < 1.29 is 0 Å². The second-order valence-electron chi connectivity index (χ2n) is 4.04. The molecule has 2 aromatic rings. The second kappa shape index (κ2) is 5.09. The standard InChI is InChI=1S/C12H18N4/c1-13-7-8-16(2)9-12-14-10-5-3-4-6-11(10)15-12/h3-6,13H,7-9H2,1-2H3,(H,14,15). The van der Waals surface area contributed by atoms with Gasteiger partial charge in [0.15, 0.2) is 0 Å². The molecule has 0 spiro atoms. The molecular formula is C12H18N4. The zero-order valence-corrected chi connectivity index (χ0v) is 9.83. The number of hydrogen-bond donors (Lipinski definition) is 2. The summed E-state index contributed by atoms with van der Waals surface area (Å²) in [6.45, 7) is 2.88. The Bertz CT molecular complexity index is 416. The fraction of sp³-hybridized carbons (Fsp3) is 0.417. The minimum absolute atomic E-state index is 0.858. The van der Waals surface area contributed by atoms with Crippen molar-refractivity contribution in [1.29, 1.82) is 0 Å². The number of aromatic amines is 1. The number of H-pyrrole nitrogens is 1. The van der Waals surface area contributed by atoms with Gasteiger partial charge in [-0.2, -0.15) is 0 Å². The molecule has 0 saturated heterocycles. The largest absolute Gasteiger partial charge is 0.341 e. The normalized spacial score (nSPS) is 11.4. The van der Waals surface area contributed by atoms with Crippen molar-refractivity contribution in [2.45, 2.75) is 6.54 Å². The summed E-state index contributed by atoms with van der Waals surface area (Å²) < 4.78 is 0. The Morgan fingerprint density at radius 1 is 1.38 bits per heavy atom. The monoisotopic (exact) mass is 218 g/mol. The summed E-state index contributed by atoms with van der Waals surface area (Å²) in [7, 11) is 4.07. The van der Waals surface area contributed by atoms with E-state index in [1.165, 1.54) is 0 Å². The first-order valence-electron chi connectivity index (χ1n) is 5.56. The van der Waals surface area contributed by atoms with Crippen molar-refractivity contribution in [2.75, 3.05) is 27.2 Å². The summed E-state index contributed by atoms with van der Waals surface area (Å²) in [4.78, 5) is 10.1. The highest BCUT2D eigenvalue weighted by Gasteiger charge is 2.04. The van der Waals surface area contributed by atoms with E-state index >= 15 is 0 Å². The molecule has 0 bridgehead atoms. The summed E-state index contributed by atoms with van der Waals surface area (Å²) in [5, 5.41) is 3.14. The Morgan fingerprint density at radius 2 is 2.19 bits per heavy atom. The van der Waals surface area contributed by atoms with Crippen LogP contribution in [0.4, 0.5) is 0 Å². The molecule has 0 aliphatic rings. The van der Waals surface area contributed by atoms with Crippen LogP contribution in [0.1, 0.15) is 5.82 Å². The van der Waals surface area contributed by atoms with Gasteiger partial charge in [-0.1, -0.05) is 12.1 Å². The smallest absolute Gasteiger partial charge is 0.121 e. The van der Waals surface area contributed by atoms with E-state index in [4.69, 9.17) is 0 Å². The molecule has 2 N–H and O–H groups in total. The Hall–Kier alpha value is -1.39. The number of nitrogens with one attached hydrogen (secondary N) is 2. The van der Waals surface area contributed by atoms with Crippen LogP contribution in [-0.2, 0) is 6.54 Å². The summed E-state index contributed by atoms with van der Waals surface area (Å²) in [6.07, 6.45) is 0. The molecule has 0 saturated carbocycles. The summed E-state index contributed by atoms with van der Waals surface area (Å²) >= 11 is 0. The van der Waals surface area contributed by atoms with Gasteiger partial charge in [0, 0.05) is 13.1 Å². The molecule has 2 rings (SSSR count). The highest BCUT2D eigenvalue weighted by molar-refractivity contribution is 5.74. The van der Waals surface area contributed by atoms with Gasteiger partial charge in [-0.15, -0.1) is 0 Å². The maximum atomic E-state index is 4.54. The second-order valence-corrected chi connectivity index (χ2v) is 4.04. The lowest BCUT2D eigenvalue weighted by Gasteiger charge is -2.14. The molecule has 0 atom stereocenters. The third-order valence-electron chi connectivity index (χ3n) is 2.60. The van der Waals surface area contributed by atoms with Gasteiger partial charge in [0.05, 0.1) is 17.6 Å². The quantitative estimate of drug-likeness (QED) is 0.793. The number of aromatic nitrogens is 2. The summed E-state index contributed by atoms with van der Waals surface area (Å²) in [6, 6.07) is 8.12. The maximum Gasteiger partial charge on any atom is 0.121 e. The fourth-order valence-electron chi connectivity index (χ4n) is 1.72. The zero-order chi connectivity index (χ0) is 11.4. The lowest BCUT2D eigenvalue weighted by molar-refractivity contribution is 0.321. The number of para-hydroxylation sites is 2. The number of nitrogens with zero attached hydrogens (tertiary/aromatic N) is 2. The first-order valence-corrected chi connectivity index (χ1v) is 5.56. The van der Waals surface area contributed by atoms with Gasteiger partial charge >= 0.3 is 0 Å². The first kappa shape index (κ1) is 11.1. The van der Waals surface area contributed by atoms with Gasteiger partial charge < -0.3 is 10.3 Å².